The first-order valence-corrected chi connectivity index (χ1v) is 6.98. The zero-order chi connectivity index (χ0) is 13.9. The van der Waals surface area contributed by atoms with Crippen molar-refractivity contribution < 1.29 is 4.79 Å². The summed E-state index contributed by atoms with van der Waals surface area (Å²) in [7, 11) is 0. The first kappa shape index (κ1) is 20.1. The van der Waals surface area contributed by atoms with Crippen molar-refractivity contribution in [3.8, 4) is 0 Å². The van der Waals surface area contributed by atoms with E-state index >= 15 is 0 Å². The average Bonchev–Trinajstić information content (AvgIpc) is 2.85. The van der Waals surface area contributed by atoms with E-state index in [1.54, 1.807) is 6.33 Å². The lowest BCUT2D eigenvalue weighted by Crippen LogP contribution is -2.54. The quantitative estimate of drug-likeness (QED) is 0.879. The largest absolute Gasteiger partial charge is 0.347 e. The molecular formula is C13H25Cl2N5O. The number of aromatic nitrogens is 3. The summed E-state index contributed by atoms with van der Waals surface area (Å²) in [5.74, 6) is 0.702. The van der Waals surface area contributed by atoms with Crippen LogP contribution in [0.25, 0.3) is 0 Å². The number of halogens is 2. The Labute approximate surface area is 138 Å². The molecule has 1 fully saturated rings. The number of hydrogen-bond acceptors (Lipinski definition) is 4. The maximum atomic E-state index is 12.2. The number of carbonyl (C=O) groups excluding carboxylic acids is 1. The fraction of sp³-hybridized carbons (Fsp3) is 0.769. The Balaban J connectivity index is 0.00000200. The highest BCUT2D eigenvalue weighted by Crippen LogP contribution is 2.26. The van der Waals surface area contributed by atoms with E-state index < -0.39 is 5.54 Å². The Kier molecular flexibility index (Phi) is 8.21. The topological polar surface area (TPSA) is 85.8 Å². The molecule has 0 aromatic carbocycles. The van der Waals surface area contributed by atoms with Gasteiger partial charge in [-0.25, -0.2) is 0 Å². The van der Waals surface area contributed by atoms with E-state index in [2.05, 4.69) is 29.4 Å². The second kappa shape index (κ2) is 8.56. The van der Waals surface area contributed by atoms with Gasteiger partial charge in [0.2, 0.25) is 5.91 Å². The number of amides is 1. The second-order valence-electron chi connectivity index (χ2n) is 5.65. The van der Waals surface area contributed by atoms with E-state index in [-0.39, 0.29) is 36.8 Å². The molecule has 3 N–H and O–H groups in total. The van der Waals surface area contributed by atoms with Crippen LogP contribution in [-0.2, 0) is 11.3 Å². The van der Waals surface area contributed by atoms with Gasteiger partial charge in [-0.3, -0.25) is 4.79 Å². The number of carbonyl (C=O) groups is 1. The fourth-order valence-electron chi connectivity index (χ4n) is 2.57. The third kappa shape index (κ3) is 4.83. The number of nitrogens with zero attached hydrogens (tertiary/aromatic N) is 3. The molecule has 6 nitrogen and oxygen atoms in total. The lowest BCUT2D eigenvalue weighted by molar-refractivity contribution is -0.127. The van der Waals surface area contributed by atoms with Gasteiger partial charge in [0.05, 0.1) is 12.1 Å². The zero-order valence-corrected chi connectivity index (χ0v) is 14.2. The van der Waals surface area contributed by atoms with Crippen LogP contribution in [0.4, 0.5) is 0 Å². The summed E-state index contributed by atoms with van der Waals surface area (Å²) in [6.07, 6.45) is 6.47. The van der Waals surface area contributed by atoms with E-state index in [1.807, 2.05) is 4.57 Å². The fourth-order valence-corrected chi connectivity index (χ4v) is 2.57. The minimum absolute atomic E-state index is 0. The highest BCUT2D eigenvalue weighted by atomic mass is 35.5. The van der Waals surface area contributed by atoms with Crippen molar-refractivity contribution in [2.45, 2.75) is 64.1 Å². The van der Waals surface area contributed by atoms with Gasteiger partial charge in [-0.05, 0) is 26.7 Å². The number of nitrogens with two attached hydrogens (primary N) is 1. The smallest absolute Gasteiger partial charge is 0.240 e. The first-order chi connectivity index (χ1) is 9.03. The Morgan fingerprint density at radius 2 is 2.00 bits per heavy atom. The van der Waals surface area contributed by atoms with Crippen molar-refractivity contribution in [1.82, 2.24) is 20.1 Å². The summed E-state index contributed by atoms with van der Waals surface area (Å²) >= 11 is 0. The molecule has 1 aromatic rings. The third-order valence-corrected chi connectivity index (χ3v) is 3.81. The molecule has 1 saturated carbocycles. The summed E-state index contributed by atoms with van der Waals surface area (Å²) in [4.78, 5) is 12.2. The molecule has 1 aromatic heterocycles. The molecule has 0 atom stereocenters. The predicted molar refractivity (Wildman–Crippen MR) is 86.8 cm³/mol. The Hall–Kier alpha value is -0.850. The molecular weight excluding hydrogens is 313 g/mol. The number of rotatable bonds is 4. The number of nitrogens with one attached hydrogen (secondary N) is 1. The van der Waals surface area contributed by atoms with Crippen LogP contribution in [0, 0.1) is 0 Å². The molecule has 2 rings (SSSR count). The SMILES string of the molecule is CC(C)n1cnnc1CNC(=O)C1(N)CCCCC1.Cl.Cl. The van der Waals surface area contributed by atoms with E-state index in [1.165, 1.54) is 6.42 Å². The molecule has 0 saturated heterocycles. The van der Waals surface area contributed by atoms with Gasteiger partial charge in [0.15, 0.2) is 5.82 Å². The molecule has 122 valence electrons. The maximum absolute atomic E-state index is 12.2. The van der Waals surface area contributed by atoms with Gasteiger partial charge in [0, 0.05) is 6.04 Å². The predicted octanol–water partition coefficient (Wildman–Crippen LogP) is 1.98. The van der Waals surface area contributed by atoms with Crippen molar-refractivity contribution in [2.75, 3.05) is 0 Å². The Morgan fingerprint density at radius 3 is 2.57 bits per heavy atom. The van der Waals surface area contributed by atoms with Gasteiger partial charge in [-0.15, -0.1) is 35.0 Å². The normalized spacial score (nSPS) is 16.8. The lowest BCUT2D eigenvalue weighted by atomic mass is 9.82. The minimum Gasteiger partial charge on any atom is -0.347 e. The van der Waals surface area contributed by atoms with Crippen LogP contribution < -0.4 is 11.1 Å². The van der Waals surface area contributed by atoms with E-state index in [0.717, 1.165) is 31.5 Å². The van der Waals surface area contributed by atoms with Gasteiger partial charge in [-0.1, -0.05) is 19.3 Å². The zero-order valence-electron chi connectivity index (χ0n) is 12.5. The lowest BCUT2D eigenvalue weighted by Gasteiger charge is -2.31. The highest BCUT2D eigenvalue weighted by Gasteiger charge is 2.35. The Bertz CT molecular complexity index is 444. The molecule has 0 spiro atoms. The summed E-state index contributed by atoms with van der Waals surface area (Å²) in [6.45, 7) is 4.50. The van der Waals surface area contributed by atoms with E-state index in [4.69, 9.17) is 5.73 Å². The molecule has 0 radical (unpaired) electrons. The van der Waals surface area contributed by atoms with Gasteiger partial charge < -0.3 is 15.6 Å². The van der Waals surface area contributed by atoms with Crippen molar-refractivity contribution in [3.05, 3.63) is 12.2 Å². The summed E-state index contributed by atoms with van der Waals surface area (Å²) < 4.78 is 1.95. The number of hydrogen-bond donors (Lipinski definition) is 2. The van der Waals surface area contributed by atoms with Gasteiger partial charge in [0.1, 0.15) is 6.33 Å². The molecule has 1 aliphatic carbocycles. The van der Waals surface area contributed by atoms with Gasteiger partial charge in [0.25, 0.3) is 0 Å². The highest BCUT2D eigenvalue weighted by molar-refractivity contribution is 5.86. The molecule has 1 aliphatic rings. The molecule has 21 heavy (non-hydrogen) atoms. The molecule has 1 heterocycles. The third-order valence-electron chi connectivity index (χ3n) is 3.81. The standard InChI is InChI=1S/C13H23N5O.2ClH/c1-10(2)18-9-16-17-11(18)8-15-12(19)13(14)6-4-3-5-7-13;;/h9-10H,3-8,14H2,1-2H3,(H,15,19);2*1H. The van der Waals surface area contributed by atoms with Gasteiger partial charge in [-0.2, -0.15) is 0 Å². The molecule has 0 unspecified atom stereocenters. The van der Waals surface area contributed by atoms with Crippen LogP contribution in [0.15, 0.2) is 6.33 Å². The molecule has 8 heteroatoms. The second-order valence-corrected chi connectivity index (χ2v) is 5.65. The summed E-state index contributed by atoms with van der Waals surface area (Å²) in [6, 6.07) is 0.281. The molecule has 1 amide bonds. The van der Waals surface area contributed by atoms with Crippen molar-refractivity contribution in [2.24, 2.45) is 5.73 Å². The maximum Gasteiger partial charge on any atom is 0.240 e. The van der Waals surface area contributed by atoms with Crippen molar-refractivity contribution >= 4 is 30.7 Å². The average molecular weight is 338 g/mol. The van der Waals surface area contributed by atoms with E-state index in [0.29, 0.717) is 6.54 Å². The van der Waals surface area contributed by atoms with Crippen LogP contribution in [-0.4, -0.2) is 26.2 Å². The van der Waals surface area contributed by atoms with Crippen molar-refractivity contribution in [3.63, 3.8) is 0 Å². The van der Waals surface area contributed by atoms with Gasteiger partial charge >= 0.3 is 0 Å². The minimum atomic E-state index is -0.694. The van der Waals surface area contributed by atoms with Crippen LogP contribution in [0.1, 0.15) is 57.8 Å². The van der Waals surface area contributed by atoms with Crippen LogP contribution in [0.5, 0.6) is 0 Å². The van der Waals surface area contributed by atoms with Crippen LogP contribution in [0.3, 0.4) is 0 Å². The summed E-state index contributed by atoms with van der Waals surface area (Å²) in [5, 5.41) is 10.8. The molecule has 0 bridgehead atoms. The van der Waals surface area contributed by atoms with Crippen LogP contribution >= 0.6 is 24.8 Å². The Morgan fingerprint density at radius 1 is 1.38 bits per heavy atom. The van der Waals surface area contributed by atoms with Crippen LogP contribution in [0.2, 0.25) is 0 Å². The first-order valence-electron chi connectivity index (χ1n) is 6.98. The van der Waals surface area contributed by atoms with Crippen molar-refractivity contribution in [1.29, 1.82) is 0 Å². The monoisotopic (exact) mass is 337 g/mol. The molecule has 0 aliphatic heterocycles. The van der Waals surface area contributed by atoms with E-state index in [9.17, 15) is 4.79 Å². The summed E-state index contributed by atoms with van der Waals surface area (Å²) in [5.41, 5.74) is 5.49.